The van der Waals surface area contributed by atoms with Gasteiger partial charge in [-0.1, -0.05) is 18.2 Å². The molecule has 1 saturated heterocycles. The summed E-state index contributed by atoms with van der Waals surface area (Å²) in [5, 5.41) is 12.9. The summed E-state index contributed by atoms with van der Waals surface area (Å²) in [6.07, 6.45) is 1.02. The quantitative estimate of drug-likeness (QED) is 0.567. The van der Waals surface area contributed by atoms with Gasteiger partial charge in [0, 0.05) is 31.5 Å². The van der Waals surface area contributed by atoms with Gasteiger partial charge < -0.3 is 20.5 Å². The molecular formula is C25H25N5O6. The highest BCUT2D eigenvalue weighted by molar-refractivity contribution is 6.20. The molecule has 1 spiro atoms. The molecule has 1 aromatic rings. The predicted molar refractivity (Wildman–Crippen MR) is 124 cm³/mol. The zero-order chi connectivity index (χ0) is 25.6. The van der Waals surface area contributed by atoms with E-state index in [0.29, 0.717) is 42.9 Å². The average molecular weight is 492 g/mol. The SMILES string of the molecule is COC(=O)C[C@H]1C(=O)NCCN1CN1C(=O)[C@@]2(C(C#N)=C(N)OC3=C2C(=O)CCC3)c2ccccc21. The summed E-state index contributed by atoms with van der Waals surface area (Å²) >= 11 is 0. The highest BCUT2D eigenvalue weighted by atomic mass is 16.5. The normalized spacial score (nSPS) is 25.8. The molecule has 11 heteroatoms. The van der Waals surface area contributed by atoms with Gasteiger partial charge in [0.1, 0.15) is 28.9 Å². The van der Waals surface area contributed by atoms with Crippen molar-refractivity contribution in [1.29, 1.82) is 5.26 Å². The number of methoxy groups -OCH3 is 1. The second-order valence-corrected chi connectivity index (χ2v) is 9.07. The summed E-state index contributed by atoms with van der Waals surface area (Å²) in [6, 6.07) is 8.13. The van der Waals surface area contributed by atoms with E-state index >= 15 is 0 Å². The Kier molecular flexibility index (Phi) is 5.76. The molecule has 186 valence electrons. The lowest BCUT2D eigenvalue weighted by Gasteiger charge is -2.39. The van der Waals surface area contributed by atoms with E-state index in [9.17, 15) is 24.4 Å². The second-order valence-electron chi connectivity index (χ2n) is 9.07. The number of nitrogens with two attached hydrogens (primary N) is 1. The molecule has 0 bridgehead atoms. The summed E-state index contributed by atoms with van der Waals surface area (Å²) in [4.78, 5) is 55.5. The molecule has 0 radical (unpaired) electrons. The Hall–Kier alpha value is -4.17. The van der Waals surface area contributed by atoms with Gasteiger partial charge in [-0.3, -0.25) is 29.0 Å². The molecule has 2 atom stereocenters. The molecule has 3 aliphatic heterocycles. The molecule has 1 aromatic carbocycles. The summed E-state index contributed by atoms with van der Waals surface area (Å²) in [5.41, 5.74) is 5.43. The molecule has 36 heavy (non-hydrogen) atoms. The van der Waals surface area contributed by atoms with Crippen LogP contribution in [0, 0.1) is 11.3 Å². The van der Waals surface area contributed by atoms with Gasteiger partial charge in [-0.25, -0.2) is 0 Å². The van der Waals surface area contributed by atoms with Crippen molar-refractivity contribution in [2.45, 2.75) is 37.1 Å². The van der Waals surface area contributed by atoms with Gasteiger partial charge in [-0.2, -0.15) is 5.26 Å². The monoisotopic (exact) mass is 491 g/mol. The Morgan fingerprint density at radius 2 is 2.08 bits per heavy atom. The number of rotatable bonds is 4. The lowest BCUT2D eigenvalue weighted by molar-refractivity contribution is -0.146. The number of carbonyl (C=O) groups is 4. The lowest BCUT2D eigenvalue weighted by atomic mass is 9.65. The summed E-state index contributed by atoms with van der Waals surface area (Å²) in [6.45, 7) is 0.678. The van der Waals surface area contributed by atoms with Gasteiger partial charge in [0.15, 0.2) is 5.78 Å². The van der Waals surface area contributed by atoms with E-state index < -0.39 is 23.3 Å². The third-order valence-corrected chi connectivity index (χ3v) is 7.22. The van der Waals surface area contributed by atoms with Gasteiger partial charge in [0.05, 0.1) is 31.5 Å². The van der Waals surface area contributed by atoms with Crippen LogP contribution in [0.15, 0.2) is 47.1 Å². The molecule has 11 nitrogen and oxygen atoms in total. The van der Waals surface area contributed by atoms with Crippen molar-refractivity contribution < 1.29 is 28.7 Å². The Labute approximate surface area is 207 Å². The number of ether oxygens (including phenoxy) is 2. The molecule has 1 aliphatic carbocycles. The number of Topliss-reactive ketones (excluding diaryl/α,β-unsaturated/α-hetero) is 1. The Morgan fingerprint density at radius 3 is 2.83 bits per heavy atom. The maximum Gasteiger partial charge on any atom is 0.307 e. The third kappa shape index (κ3) is 3.29. The number of para-hydroxylation sites is 1. The van der Waals surface area contributed by atoms with Crippen molar-refractivity contribution in [3.8, 4) is 6.07 Å². The number of nitriles is 1. The van der Waals surface area contributed by atoms with Crippen LogP contribution in [0.3, 0.4) is 0 Å². The molecular weight excluding hydrogens is 466 g/mol. The smallest absolute Gasteiger partial charge is 0.307 e. The molecule has 0 saturated carbocycles. The maximum atomic E-state index is 14.4. The first-order valence-electron chi connectivity index (χ1n) is 11.7. The van der Waals surface area contributed by atoms with Crippen molar-refractivity contribution >= 4 is 29.3 Å². The van der Waals surface area contributed by atoms with Crippen LogP contribution in [0.25, 0.3) is 0 Å². The van der Waals surface area contributed by atoms with E-state index in [2.05, 4.69) is 5.32 Å². The van der Waals surface area contributed by atoms with E-state index in [1.807, 2.05) is 6.07 Å². The first-order valence-corrected chi connectivity index (χ1v) is 11.7. The standard InChI is InChI=1S/C25H25N5O6/c1-35-20(32)11-17-23(33)28-9-10-29(17)13-30-16-6-3-2-5-14(16)25(24(30)34)15(12-26)22(27)36-19-8-4-7-18(31)21(19)25/h2-3,5-6,17H,4,7-11,13,27H2,1H3,(H,28,33)/t17-,25+/m0/s1. The number of carbonyl (C=O) groups excluding carboxylic acids is 4. The molecule has 0 aromatic heterocycles. The number of piperazine rings is 1. The molecule has 3 heterocycles. The lowest BCUT2D eigenvalue weighted by Crippen LogP contribution is -2.59. The van der Waals surface area contributed by atoms with Crippen LogP contribution in [0.5, 0.6) is 0 Å². The largest absolute Gasteiger partial charge is 0.469 e. The minimum atomic E-state index is -1.73. The molecule has 0 unspecified atom stereocenters. The number of hydrogen-bond donors (Lipinski definition) is 2. The number of nitrogens with zero attached hydrogens (tertiary/aromatic N) is 3. The van der Waals surface area contributed by atoms with E-state index in [0.717, 1.165) is 0 Å². The molecule has 2 amide bonds. The van der Waals surface area contributed by atoms with Crippen molar-refractivity contribution in [3.63, 3.8) is 0 Å². The zero-order valence-corrected chi connectivity index (χ0v) is 19.7. The fourth-order valence-corrected chi connectivity index (χ4v) is 5.62. The number of hydrogen-bond acceptors (Lipinski definition) is 9. The number of ketones is 1. The molecule has 3 N–H and O–H groups in total. The minimum absolute atomic E-state index is 0.0387. The summed E-state index contributed by atoms with van der Waals surface area (Å²) < 4.78 is 10.5. The molecule has 4 aliphatic rings. The van der Waals surface area contributed by atoms with E-state index in [1.165, 1.54) is 12.0 Å². The topological polar surface area (TPSA) is 155 Å². The zero-order valence-electron chi connectivity index (χ0n) is 19.7. The predicted octanol–water partition coefficient (Wildman–Crippen LogP) is 0.323. The number of allylic oxidation sites excluding steroid dienone is 1. The van der Waals surface area contributed by atoms with Crippen molar-refractivity contribution in [2.75, 3.05) is 31.8 Å². The van der Waals surface area contributed by atoms with E-state index in [-0.39, 0.29) is 48.2 Å². The van der Waals surface area contributed by atoms with Crippen LogP contribution in [0.1, 0.15) is 31.2 Å². The number of nitrogens with one attached hydrogen (secondary N) is 1. The van der Waals surface area contributed by atoms with Crippen LogP contribution in [0.2, 0.25) is 0 Å². The van der Waals surface area contributed by atoms with Crippen LogP contribution in [0.4, 0.5) is 5.69 Å². The Bertz CT molecular complexity index is 1290. The highest BCUT2D eigenvalue weighted by Crippen LogP contribution is 2.55. The van der Waals surface area contributed by atoms with Gasteiger partial charge >= 0.3 is 5.97 Å². The van der Waals surface area contributed by atoms with E-state index in [4.69, 9.17) is 15.2 Å². The number of amides is 2. The van der Waals surface area contributed by atoms with Gasteiger partial charge in [-0.05, 0) is 12.5 Å². The number of fused-ring (bicyclic) bond motifs is 3. The molecule has 5 rings (SSSR count). The van der Waals surface area contributed by atoms with E-state index in [1.54, 1.807) is 29.2 Å². The first kappa shape index (κ1) is 23.6. The number of anilines is 1. The van der Waals surface area contributed by atoms with Gasteiger partial charge in [-0.15, -0.1) is 0 Å². The number of benzene rings is 1. The Morgan fingerprint density at radius 1 is 1.31 bits per heavy atom. The van der Waals surface area contributed by atoms with Crippen molar-refractivity contribution in [1.82, 2.24) is 10.2 Å². The van der Waals surface area contributed by atoms with Gasteiger partial charge in [0.25, 0.3) is 0 Å². The van der Waals surface area contributed by atoms with Gasteiger partial charge in [0.2, 0.25) is 17.7 Å². The van der Waals surface area contributed by atoms with Crippen LogP contribution in [-0.2, 0) is 34.1 Å². The fraction of sp³-hybridized carbons (Fsp3) is 0.400. The third-order valence-electron chi connectivity index (χ3n) is 7.22. The summed E-state index contributed by atoms with van der Waals surface area (Å²) in [5.74, 6) is -1.56. The average Bonchev–Trinajstić information content (AvgIpc) is 3.09. The van der Waals surface area contributed by atoms with Crippen molar-refractivity contribution in [3.05, 3.63) is 52.6 Å². The minimum Gasteiger partial charge on any atom is -0.469 e. The Balaban J connectivity index is 1.64. The summed E-state index contributed by atoms with van der Waals surface area (Å²) in [7, 11) is 1.25. The highest BCUT2D eigenvalue weighted by Gasteiger charge is 2.62. The molecule has 1 fully saturated rings. The van der Waals surface area contributed by atoms with Crippen molar-refractivity contribution in [2.24, 2.45) is 5.73 Å². The van der Waals surface area contributed by atoms with Crippen LogP contribution in [-0.4, -0.2) is 61.4 Å². The van der Waals surface area contributed by atoms with Crippen LogP contribution >= 0.6 is 0 Å². The van der Waals surface area contributed by atoms with Crippen LogP contribution < -0.4 is 16.0 Å². The first-order chi connectivity index (χ1) is 17.3. The maximum absolute atomic E-state index is 14.4. The second kappa shape index (κ2) is 8.80. The fourth-order valence-electron chi connectivity index (χ4n) is 5.62. The number of esters is 1.